The molecule has 0 spiro atoms. The Morgan fingerprint density at radius 2 is 1.86 bits per heavy atom. The maximum atomic E-state index is 13.0. The van der Waals surface area contributed by atoms with Gasteiger partial charge in [-0.1, -0.05) is 13.0 Å². The van der Waals surface area contributed by atoms with E-state index in [4.69, 9.17) is 0 Å². The lowest BCUT2D eigenvalue weighted by atomic mass is 9.99. The lowest BCUT2D eigenvalue weighted by Crippen LogP contribution is -2.38. The highest BCUT2D eigenvalue weighted by atomic mass is 32.2. The van der Waals surface area contributed by atoms with Crippen molar-refractivity contribution in [3.63, 3.8) is 0 Å². The van der Waals surface area contributed by atoms with Crippen LogP contribution in [0, 0.1) is 13.8 Å². The first-order valence-corrected chi connectivity index (χ1v) is 11.9. The predicted octanol–water partition coefficient (Wildman–Crippen LogP) is 3.35. The number of nitrogens with one attached hydrogen (secondary N) is 1. The largest absolute Gasteiger partial charge is 0.350 e. The number of aromatic nitrogens is 1. The molecule has 1 aromatic heterocycles. The van der Waals surface area contributed by atoms with Crippen molar-refractivity contribution in [2.45, 2.75) is 57.4 Å². The molecule has 2 aromatic rings. The number of nitrogens with zero attached hydrogens (tertiary/aromatic N) is 2. The molecule has 0 saturated carbocycles. The van der Waals surface area contributed by atoms with E-state index in [0.717, 1.165) is 34.7 Å². The number of thiazole rings is 1. The summed E-state index contributed by atoms with van der Waals surface area (Å²) in [7, 11) is -3.46. The standard InChI is InChI=1S/C20H27N3O3S2/c1-4-19(24)21-12-17-13-27-20(22-17)16-5-7-23(8-6-16)28(25,26)18-10-14(2)9-15(3)11-18/h9-11,13,16H,4-8,12H2,1-3H3,(H,21,24). The number of sulfonamides is 1. The van der Waals surface area contributed by atoms with E-state index in [1.54, 1.807) is 27.8 Å². The summed E-state index contributed by atoms with van der Waals surface area (Å²) in [6.07, 6.45) is 1.99. The van der Waals surface area contributed by atoms with Crippen molar-refractivity contribution in [3.05, 3.63) is 45.4 Å². The Labute approximate surface area is 171 Å². The molecule has 1 aliphatic rings. The van der Waals surface area contributed by atoms with E-state index in [-0.39, 0.29) is 11.8 Å². The Morgan fingerprint density at radius 3 is 2.46 bits per heavy atom. The molecule has 1 saturated heterocycles. The third-order valence-electron chi connectivity index (χ3n) is 4.99. The Morgan fingerprint density at radius 1 is 1.21 bits per heavy atom. The molecular weight excluding hydrogens is 394 g/mol. The van der Waals surface area contributed by atoms with Crippen molar-refractivity contribution in [1.29, 1.82) is 0 Å². The smallest absolute Gasteiger partial charge is 0.243 e. The molecule has 6 nitrogen and oxygen atoms in total. The number of benzene rings is 1. The third-order valence-corrected chi connectivity index (χ3v) is 7.93. The summed E-state index contributed by atoms with van der Waals surface area (Å²) in [5, 5.41) is 5.84. The van der Waals surface area contributed by atoms with Gasteiger partial charge in [0.05, 0.1) is 22.1 Å². The molecule has 0 atom stereocenters. The summed E-state index contributed by atoms with van der Waals surface area (Å²) in [5.74, 6) is 0.283. The SMILES string of the molecule is CCC(=O)NCc1csc(C2CCN(S(=O)(=O)c3cc(C)cc(C)c3)CC2)n1. The Kier molecular flexibility index (Phi) is 6.52. The van der Waals surface area contributed by atoms with Crippen LogP contribution in [0.2, 0.25) is 0 Å². The van der Waals surface area contributed by atoms with E-state index in [2.05, 4.69) is 10.3 Å². The second-order valence-electron chi connectivity index (χ2n) is 7.31. The van der Waals surface area contributed by atoms with E-state index < -0.39 is 10.0 Å². The Hall–Kier alpha value is -1.77. The summed E-state index contributed by atoms with van der Waals surface area (Å²) >= 11 is 1.59. The summed E-state index contributed by atoms with van der Waals surface area (Å²) in [5.41, 5.74) is 2.78. The average Bonchev–Trinajstić information content (AvgIpc) is 3.14. The molecule has 0 radical (unpaired) electrons. The van der Waals surface area contributed by atoms with Crippen molar-refractivity contribution in [1.82, 2.24) is 14.6 Å². The number of carbonyl (C=O) groups is 1. The van der Waals surface area contributed by atoms with Gasteiger partial charge in [-0.05, 0) is 49.9 Å². The zero-order valence-corrected chi connectivity index (χ0v) is 18.2. The highest BCUT2D eigenvalue weighted by molar-refractivity contribution is 7.89. The molecule has 1 fully saturated rings. The molecule has 3 rings (SSSR count). The maximum absolute atomic E-state index is 13.0. The predicted molar refractivity (Wildman–Crippen MR) is 111 cm³/mol. The van der Waals surface area contributed by atoms with Gasteiger partial charge < -0.3 is 5.32 Å². The van der Waals surface area contributed by atoms with Gasteiger partial charge in [0, 0.05) is 30.8 Å². The van der Waals surface area contributed by atoms with Crippen LogP contribution in [0.3, 0.4) is 0 Å². The number of hydrogen-bond acceptors (Lipinski definition) is 5. The minimum atomic E-state index is -3.46. The maximum Gasteiger partial charge on any atom is 0.243 e. The van der Waals surface area contributed by atoms with Gasteiger partial charge in [0.2, 0.25) is 15.9 Å². The number of carbonyl (C=O) groups excluding carboxylic acids is 1. The number of piperidine rings is 1. The minimum Gasteiger partial charge on any atom is -0.350 e. The van der Waals surface area contributed by atoms with Gasteiger partial charge >= 0.3 is 0 Å². The van der Waals surface area contributed by atoms with Gasteiger partial charge in [0.15, 0.2) is 0 Å². The van der Waals surface area contributed by atoms with Gasteiger partial charge in [0.1, 0.15) is 0 Å². The molecule has 0 bridgehead atoms. The van der Waals surface area contributed by atoms with Crippen molar-refractivity contribution >= 4 is 27.3 Å². The van der Waals surface area contributed by atoms with Crippen LogP contribution in [0.15, 0.2) is 28.5 Å². The summed E-state index contributed by atoms with van der Waals surface area (Å²) in [6, 6.07) is 5.46. The van der Waals surface area contributed by atoms with Crippen LogP contribution < -0.4 is 5.32 Å². The third kappa shape index (κ3) is 4.79. The van der Waals surface area contributed by atoms with E-state index >= 15 is 0 Å². The van der Waals surface area contributed by atoms with Crippen LogP contribution in [0.5, 0.6) is 0 Å². The molecule has 2 heterocycles. The van der Waals surface area contributed by atoms with Gasteiger partial charge in [-0.15, -0.1) is 11.3 Å². The van der Waals surface area contributed by atoms with Crippen LogP contribution in [0.1, 0.15) is 53.9 Å². The first-order valence-electron chi connectivity index (χ1n) is 9.59. The number of amides is 1. The van der Waals surface area contributed by atoms with Gasteiger partial charge in [-0.25, -0.2) is 13.4 Å². The fourth-order valence-corrected chi connectivity index (χ4v) is 6.13. The van der Waals surface area contributed by atoms with Crippen LogP contribution in [-0.2, 0) is 21.4 Å². The summed E-state index contributed by atoms with van der Waals surface area (Å²) in [6.45, 7) is 7.11. The number of hydrogen-bond donors (Lipinski definition) is 1. The Bertz CT molecular complexity index is 925. The van der Waals surface area contributed by atoms with Gasteiger partial charge in [0.25, 0.3) is 0 Å². The van der Waals surface area contributed by atoms with Crippen molar-refractivity contribution in [2.24, 2.45) is 0 Å². The topological polar surface area (TPSA) is 79.4 Å². The summed E-state index contributed by atoms with van der Waals surface area (Å²) in [4.78, 5) is 16.4. The average molecular weight is 422 g/mol. The molecule has 8 heteroatoms. The lowest BCUT2D eigenvalue weighted by Gasteiger charge is -2.30. The van der Waals surface area contributed by atoms with Gasteiger partial charge in [-0.2, -0.15) is 4.31 Å². The molecule has 1 amide bonds. The van der Waals surface area contributed by atoms with Crippen LogP contribution in [-0.4, -0.2) is 36.7 Å². The normalized spacial score (nSPS) is 16.2. The Balaban J connectivity index is 1.63. The second kappa shape index (κ2) is 8.71. The van der Waals surface area contributed by atoms with Gasteiger partial charge in [-0.3, -0.25) is 4.79 Å². The monoisotopic (exact) mass is 421 g/mol. The fraction of sp³-hybridized carbons (Fsp3) is 0.500. The van der Waals surface area contributed by atoms with E-state index in [0.29, 0.717) is 31.0 Å². The van der Waals surface area contributed by atoms with E-state index in [1.165, 1.54) is 0 Å². The highest BCUT2D eigenvalue weighted by Crippen LogP contribution is 2.32. The molecule has 0 aliphatic carbocycles. The molecule has 1 N–H and O–H groups in total. The molecule has 1 aliphatic heterocycles. The number of aryl methyl sites for hydroxylation is 2. The van der Waals surface area contributed by atoms with Crippen molar-refractivity contribution < 1.29 is 13.2 Å². The second-order valence-corrected chi connectivity index (χ2v) is 10.1. The quantitative estimate of drug-likeness (QED) is 0.776. The zero-order chi connectivity index (χ0) is 20.3. The lowest BCUT2D eigenvalue weighted by molar-refractivity contribution is -0.120. The highest BCUT2D eigenvalue weighted by Gasteiger charge is 2.31. The molecule has 1 aromatic carbocycles. The van der Waals surface area contributed by atoms with E-state index in [9.17, 15) is 13.2 Å². The fourth-order valence-electron chi connectivity index (χ4n) is 3.48. The van der Waals surface area contributed by atoms with Crippen LogP contribution >= 0.6 is 11.3 Å². The zero-order valence-electron chi connectivity index (χ0n) is 16.6. The van der Waals surface area contributed by atoms with Crippen molar-refractivity contribution in [3.8, 4) is 0 Å². The minimum absolute atomic E-state index is 0.0134. The molecule has 152 valence electrons. The first-order chi connectivity index (χ1) is 13.3. The van der Waals surface area contributed by atoms with Crippen molar-refractivity contribution in [2.75, 3.05) is 13.1 Å². The van der Waals surface area contributed by atoms with E-state index in [1.807, 2.05) is 32.2 Å². The molecular formula is C20H27N3O3S2. The summed E-state index contributed by atoms with van der Waals surface area (Å²) < 4.78 is 27.6. The van der Waals surface area contributed by atoms with Crippen LogP contribution in [0.25, 0.3) is 0 Å². The number of rotatable bonds is 6. The van der Waals surface area contributed by atoms with Crippen LogP contribution in [0.4, 0.5) is 0 Å². The first kappa shape index (κ1) is 21.0. The molecule has 28 heavy (non-hydrogen) atoms. The molecule has 0 unspecified atom stereocenters.